The van der Waals surface area contributed by atoms with Crippen LogP contribution in [0.2, 0.25) is 0 Å². The van der Waals surface area contributed by atoms with E-state index in [9.17, 15) is 9.59 Å². The Labute approximate surface area is 143 Å². The molecule has 0 heterocycles. The maximum atomic E-state index is 12.5. The van der Waals surface area contributed by atoms with Gasteiger partial charge in [-0.05, 0) is 28.4 Å². The van der Waals surface area contributed by atoms with Gasteiger partial charge in [0.25, 0.3) is 5.91 Å². The number of esters is 1. The lowest BCUT2D eigenvalue weighted by atomic mass is 10.1. The molecule has 0 saturated heterocycles. The molecule has 0 spiro atoms. The van der Waals surface area contributed by atoms with Crippen LogP contribution in [0.4, 0.5) is 0 Å². The van der Waals surface area contributed by atoms with Crippen molar-refractivity contribution in [3.05, 3.63) is 16.1 Å². The fourth-order valence-corrected chi connectivity index (χ4v) is 2.63. The highest BCUT2D eigenvalue weighted by molar-refractivity contribution is 9.10. The highest BCUT2D eigenvalue weighted by atomic mass is 79.9. The summed E-state index contributed by atoms with van der Waals surface area (Å²) in [5.74, 6) is 0.0446. The van der Waals surface area contributed by atoms with Crippen molar-refractivity contribution in [1.82, 2.24) is 5.32 Å². The summed E-state index contributed by atoms with van der Waals surface area (Å²) in [6.45, 7) is 1.77. The van der Waals surface area contributed by atoms with Crippen molar-refractivity contribution in [3.8, 4) is 17.2 Å². The first-order valence-corrected chi connectivity index (χ1v) is 7.61. The average molecular weight is 390 g/mol. The van der Waals surface area contributed by atoms with E-state index in [1.807, 2.05) is 0 Å². The van der Waals surface area contributed by atoms with Crippen molar-refractivity contribution in [3.63, 3.8) is 0 Å². The summed E-state index contributed by atoms with van der Waals surface area (Å²) in [5.41, 5.74) is 0.252. The van der Waals surface area contributed by atoms with Gasteiger partial charge in [0, 0.05) is 0 Å². The number of carbonyl (C=O) groups is 2. The van der Waals surface area contributed by atoms with E-state index in [1.165, 1.54) is 34.5 Å². The fraction of sp³-hybridized carbons (Fsp3) is 0.467. The highest BCUT2D eigenvalue weighted by Crippen LogP contribution is 2.44. The Morgan fingerprint density at radius 3 is 2.17 bits per heavy atom. The number of ether oxygens (including phenoxy) is 4. The van der Waals surface area contributed by atoms with Crippen LogP contribution in [0.1, 0.15) is 23.7 Å². The molecule has 0 bridgehead atoms. The van der Waals surface area contributed by atoms with E-state index in [2.05, 4.69) is 26.0 Å². The van der Waals surface area contributed by atoms with Gasteiger partial charge in [-0.25, -0.2) is 4.79 Å². The summed E-state index contributed by atoms with van der Waals surface area (Å²) >= 11 is 3.33. The Hall–Kier alpha value is -1.96. The zero-order valence-electron chi connectivity index (χ0n) is 13.7. The summed E-state index contributed by atoms with van der Waals surface area (Å²) in [6, 6.07) is 0.767. The van der Waals surface area contributed by atoms with E-state index in [-0.39, 0.29) is 5.56 Å². The lowest BCUT2D eigenvalue weighted by molar-refractivity contribution is -0.142. The molecule has 0 saturated carbocycles. The molecule has 0 aliphatic rings. The minimum atomic E-state index is -0.738. The van der Waals surface area contributed by atoms with Gasteiger partial charge in [-0.2, -0.15) is 0 Å². The van der Waals surface area contributed by atoms with E-state index >= 15 is 0 Å². The third-order valence-electron chi connectivity index (χ3n) is 3.21. The van der Waals surface area contributed by atoms with Crippen molar-refractivity contribution in [2.75, 3.05) is 28.4 Å². The molecule has 1 unspecified atom stereocenters. The van der Waals surface area contributed by atoms with Gasteiger partial charge in [0.15, 0.2) is 11.5 Å². The van der Waals surface area contributed by atoms with Crippen LogP contribution in [0.15, 0.2) is 10.5 Å². The van der Waals surface area contributed by atoms with Gasteiger partial charge in [0.05, 0.1) is 38.5 Å². The number of hydrogen-bond acceptors (Lipinski definition) is 6. The molecule has 8 heteroatoms. The Morgan fingerprint density at radius 1 is 1.13 bits per heavy atom. The number of benzene rings is 1. The van der Waals surface area contributed by atoms with Crippen molar-refractivity contribution in [1.29, 1.82) is 0 Å². The zero-order valence-corrected chi connectivity index (χ0v) is 15.3. The zero-order chi connectivity index (χ0) is 17.6. The maximum Gasteiger partial charge on any atom is 0.328 e. The minimum Gasteiger partial charge on any atom is -0.493 e. The van der Waals surface area contributed by atoms with Crippen LogP contribution < -0.4 is 19.5 Å². The molecule has 0 fully saturated rings. The van der Waals surface area contributed by atoms with E-state index in [4.69, 9.17) is 14.2 Å². The van der Waals surface area contributed by atoms with Crippen LogP contribution in [0.25, 0.3) is 0 Å². The molecular formula is C15H20BrNO6. The minimum absolute atomic E-state index is 0.252. The summed E-state index contributed by atoms with van der Waals surface area (Å²) in [6.07, 6.45) is 0.403. The van der Waals surface area contributed by atoms with Gasteiger partial charge < -0.3 is 24.3 Å². The maximum absolute atomic E-state index is 12.5. The van der Waals surface area contributed by atoms with E-state index in [0.29, 0.717) is 28.1 Å². The number of amides is 1. The largest absolute Gasteiger partial charge is 0.493 e. The van der Waals surface area contributed by atoms with Crippen LogP contribution in [0.3, 0.4) is 0 Å². The number of nitrogens with one attached hydrogen (secondary N) is 1. The third kappa shape index (κ3) is 4.07. The van der Waals surface area contributed by atoms with Crippen molar-refractivity contribution in [2.45, 2.75) is 19.4 Å². The quantitative estimate of drug-likeness (QED) is 0.719. The lowest BCUT2D eigenvalue weighted by Gasteiger charge is -2.18. The first-order chi connectivity index (χ1) is 10.9. The van der Waals surface area contributed by atoms with Gasteiger partial charge in [-0.15, -0.1) is 0 Å². The average Bonchev–Trinajstić information content (AvgIpc) is 2.57. The van der Waals surface area contributed by atoms with E-state index in [1.54, 1.807) is 6.92 Å². The fourth-order valence-electron chi connectivity index (χ4n) is 1.99. The number of methoxy groups -OCH3 is 4. The molecule has 1 rings (SSSR count). The first-order valence-electron chi connectivity index (χ1n) is 6.82. The topological polar surface area (TPSA) is 83.1 Å². The standard InChI is InChI=1S/C15H20BrNO6/c1-6-9(15(19)23-5)17-14(18)8-7-10(20-2)12(21-3)13(22-4)11(8)16/h7,9H,6H2,1-5H3,(H,17,18). The molecule has 7 nitrogen and oxygen atoms in total. The predicted octanol–water partition coefficient (Wildman–Crippen LogP) is 2.16. The van der Waals surface area contributed by atoms with Crippen LogP contribution in [0, 0.1) is 0 Å². The second-order valence-corrected chi connectivity index (χ2v) is 5.26. The van der Waals surface area contributed by atoms with E-state index in [0.717, 1.165) is 0 Å². The second kappa shape index (κ2) is 8.61. The summed E-state index contributed by atoms with van der Waals surface area (Å²) in [4.78, 5) is 24.1. The smallest absolute Gasteiger partial charge is 0.328 e. The molecule has 128 valence electrons. The molecule has 1 aromatic rings. The van der Waals surface area contributed by atoms with Gasteiger partial charge in [-0.1, -0.05) is 6.92 Å². The molecule has 23 heavy (non-hydrogen) atoms. The Kier molecular flexibility index (Phi) is 7.15. The number of rotatable bonds is 7. The monoisotopic (exact) mass is 389 g/mol. The molecular weight excluding hydrogens is 370 g/mol. The highest BCUT2D eigenvalue weighted by Gasteiger charge is 2.26. The number of halogens is 1. The van der Waals surface area contributed by atoms with Crippen LogP contribution in [-0.4, -0.2) is 46.4 Å². The Balaban J connectivity index is 3.26. The van der Waals surface area contributed by atoms with Gasteiger partial charge in [0.1, 0.15) is 6.04 Å². The Morgan fingerprint density at radius 2 is 1.74 bits per heavy atom. The summed E-state index contributed by atoms with van der Waals surface area (Å²) < 4.78 is 20.8. The molecule has 0 aliphatic carbocycles. The summed E-state index contributed by atoms with van der Waals surface area (Å²) in [5, 5.41) is 2.62. The van der Waals surface area contributed by atoms with Crippen LogP contribution >= 0.6 is 15.9 Å². The van der Waals surface area contributed by atoms with Crippen LogP contribution in [-0.2, 0) is 9.53 Å². The molecule has 0 aliphatic heterocycles. The summed E-state index contributed by atoms with van der Waals surface area (Å²) in [7, 11) is 5.65. The number of hydrogen-bond donors (Lipinski definition) is 1. The predicted molar refractivity (Wildman–Crippen MR) is 87.4 cm³/mol. The van der Waals surface area contributed by atoms with Gasteiger partial charge >= 0.3 is 5.97 Å². The first kappa shape index (κ1) is 19.1. The van der Waals surface area contributed by atoms with Crippen molar-refractivity contribution >= 4 is 27.8 Å². The third-order valence-corrected chi connectivity index (χ3v) is 4.00. The molecule has 0 radical (unpaired) electrons. The molecule has 1 atom stereocenters. The van der Waals surface area contributed by atoms with Crippen LogP contribution in [0.5, 0.6) is 17.2 Å². The van der Waals surface area contributed by atoms with E-state index < -0.39 is 17.9 Å². The van der Waals surface area contributed by atoms with Gasteiger partial charge in [-0.3, -0.25) is 4.79 Å². The van der Waals surface area contributed by atoms with Gasteiger partial charge in [0.2, 0.25) is 5.75 Å². The second-order valence-electron chi connectivity index (χ2n) is 4.46. The van der Waals surface area contributed by atoms with Crippen molar-refractivity contribution < 1.29 is 28.5 Å². The molecule has 1 aromatic carbocycles. The van der Waals surface area contributed by atoms with Crippen molar-refractivity contribution in [2.24, 2.45) is 0 Å². The SMILES string of the molecule is CCC(NC(=O)c1cc(OC)c(OC)c(OC)c1Br)C(=O)OC. The molecule has 0 aromatic heterocycles. The Bertz CT molecular complexity index is 590. The molecule has 1 amide bonds. The molecule has 1 N–H and O–H groups in total. The number of carbonyl (C=O) groups excluding carboxylic acids is 2. The lowest BCUT2D eigenvalue weighted by Crippen LogP contribution is -2.41. The normalized spacial score (nSPS) is 11.4.